The largest absolute Gasteiger partial charge is 0.490 e. The molecule has 0 bridgehead atoms. The number of carboxylic acid groups (broad SMARTS) is 2. The van der Waals surface area contributed by atoms with Gasteiger partial charge in [-0.2, -0.15) is 35.8 Å². The number of benzene rings is 1. The van der Waals surface area contributed by atoms with Gasteiger partial charge >= 0.3 is 30.0 Å². The zero-order chi connectivity index (χ0) is 21.9. The topological polar surface area (TPSA) is 142 Å². The third kappa shape index (κ3) is 4.86. The van der Waals surface area contributed by atoms with Gasteiger partial charge in [-0.3, -0.25) is 5.10 Å². The van der Waals surface area contributed by atoms with Crippen LogP contribution in [0.5, 0.6) is 0 Å². The molecule has 28 heavy (non-hydrogen) atoms. The molecular formula is C13H9F7N4O4. The van der Waals surface area contributed by atoms with E-state index in [1.54, 1.807) is 5.10 Å². The average molecular weight is 418 g/mol. The molecule has 1 aromatic heterocycles. The summed E-state index contributed by atoms with van der Waals surface area (Å²) in [7, 11) is 0. The molecular weight excluding hydrogens is 409 g/mol. The zero-order valence-corrected chi connectivity index (χ0v) is 13.1. The summed E-state index contributed by atoms with van der Waals surface area (Å²) in [5.74, 6) is -17.9. The molecule has 0 aliphatic carbocycles. The van der Waals surface area contributed by atoms with E-state index < -0.39 is 35.8 Å². The van der Waals surface area contributed by atoms with Crippen LogP contribution in [-0.2, 0) is 15.5 Å². The van der Waals surface area contributed by atoms with Crippen molar-refractivity contribution in [2.24, 2.45) is 0 Å². The predicted octanol–water partition coefficient (Wildman–Crippen LogP) is 2.50. The number of nitrogens with two attached hydrogens (primary N) is 1. The molecule has 2 rings (SSSR count). The fourth-order valence-electron chi connectivity index (χ4n) is 1.45. The van der Waals surface area contributed by atoms with Crippen LogP contribution in [-0.4, -0.2) is 49.4 Å². The number of nitrogen functional groups attached to an aromatic ring is 1. The number of carboxylic acids is 2. The molecule has 0 atom stereocenters. The van der Waals surface area contributed by atoms with Gasteiger partial charge < -0.3 is 15.9 Å². The first-order valence-corrected chi connectivity index (χ1v) is 6.68. The molecule has 0 spiro atoms. The van der Waals surface area contributed by atoms with Gasteiger partial charge in [-0.25, -0.2) is 14.6 Å². The van der Waals surface area contributed by atoms with E-state index >= 15 is 0 Å². The number of aromatic nitrogens is 3. The van der Waals surface area contributed by atoms with Gasteiger partial charge in [-0.1, -0.05) is 0 Å². The van der Waals surface area contributed by atoms with Gasteiger partial charge in [0.2, 0.25) is 5.82 Å². The van der Waals surface area contributed by atoms with Crippen LogP contribution in [0.25, 0.3) is 11.4 Å². The van der Waals surface area contributed by atoms with Crippen molar-refractivity contribution in [2.75, 3.05) is 5.73 Å². The van der Waals surface area contributed by atoms with E-state index in [-0.39, 0.29) is 11.4 Å². The molecule has 1 aromatic carbocycles. The highest BCUT2D eigenvalue weighted by atomic mass is 19.4. The molecule has 0 aliphatic rings. The lowest BCUT2D eigenvalue weighted by molar-refractivity contribution is -0.231. The van der Waals surface area contributed by atoms with E-state index in [1.165, 1.54) is 24.3 Å². The maximum Gasteiger partial charge on any atom is 0.490 e. The van der Waals surface area contributed by atoms with Crippen LogP contribution in [0, 0.1) is 0 Å². The number of halogens is 7. The molecule has 2 aromatic rings. The van der Waals surface area contributed by atoms with Crippen LogP contribution in [0.15, 0.2) is 24.3 Å². The van der Waals surface area contributed by atoms with Gasteiger partial charge in [-0.15, -0.1) is 0 Å². The van der Waals surface area contributed by atoms with E-state index in [2.05, 4.69) is 10.1 Å². The normalized spacial score (nSPS) is 12.1. The van der Waals surface area contributed by atoms with Crippen molar-refractivity contribution in [3.8, 4) is 11.4 Å². The summed E-state index contributed by atoms with van der Waals surface area (Å²) in [5.41, 5.74) is 6.09. The summed E-state index contributed by atoms with van der Waals surface area (Å²) >= 11 is 0. The summed E-state index contributed by atoms with van der Waals surface area (Å²) in [4.78, 5) is 22.4. The third-order valence-electron chi connectivity index (χ3n) is 2.86. The Morgan fingerprint density at radius 3 is 1.79 bits per heavy atom. The molecule has 5 N–H and O–H groups in total. The number of anilines is 1. The standard InChI is InChI=1S/C11H8F4N4O2.C2HF3O2/c12-10(13,11(14,15)9(20)21)8-17-7(18-19-8)5-1-3-6(16)4-2-5;3-2(4,5)1(6)7/h1-4H,16H2,(H,20,21)(H,17,18,19);(H,6,7). The van der Waals surface area contributed by atoms with Gasteiger partial charge in [0.1, 0.15) is 0 Å². The summed E-state index contributed by atoms with van der Waals surface area (Å²) < 4.78 is 84.8. The van der Waals surface area contributed by atoms with Crippen molar-refractivity contribution in [2.45, 2.75) is 18.0 Å². The smallest absolute Gasteiger partial charge is 0.477 e. The number of nitrogens with one attached hydrogen (secondary N) is 1. The van der Waals surface area contributed by atoms with Crippen LogP contribution in [0.4, 0.5) is 36.4 Å². The second-order valence-electron chi connectivity index (χ2n) is 4.89. The fraction of sp³-hybridized carbons (Fsp3) is 0.231. The molecule has 0 saturated heterocycles. The molecule has 0 unspecified atom stereocenters. The Morgan fingerprint density at radius 2 is 1.39 bits per heavy atom. The van der Waals surface area contributed by atoms with Gasteiger partial charge in [0.05, 0.1) is 0 Å². The van der Waals surface area contributed by atoms with Crippen molar-refractivity contribution in [3.05, 3.63) is 30.1 Å². The Labute approximate surface area is 149 Å². The van der Waals surface area contributed by atoms with Crippen LogP contribution < -0.4 is 5.73 Å². The molecule has 8 nitrogen and oxygen atoms in total. The quantitative estimate of drug-likeness (QED) is 0.441. The van der Waals surface area contributed by atoms with Crippen molar-refractivity contribution in [1.82, 2.24) is 15.2 Å². The number of alkyl halides is 7. The van der Waals surface area contributed by atoms with Crippen molar-refractivity contribution in [3.63, 3.8) is 0 Å². The van der Waals surface area contributed by atoms with E-state index in [9.17, 15) is 35.5 Å². The lowest BCUT2D eigenvalue weighted by Crippen LogP contribution is -2.45. The van der Waals surface area contributed by atoms with Crippen LogP contribution in [0.1, 0.15) is 5.82 Å². The number of hydrogen-bond donors (Lipinski definition) is 4. The van der Waals surface area contributed by atoms with Gasteiger partial charge in [0, 0.05) is 11.3 Å². The highest BCUT2D eigenvalue weighted by molar-refractivity contribution is 5.77. The van der Waals surface area contributed by atoms with Crippen molar-refractivity contribution in [1.29, 1.82) is 0 Å². The molecule has 1 heterocycles. The lowest BCUT2D eigenvalue weighted by Gasteiger charge is -2.20. The van der Waals surface area contributed by atoms with E-state index in [4.69, 9.17) is 20.7 Å². The number of nitrogens with zero attached hydrogens (tertiary/aromatic N) is 2. The fourth-order valence-corrected chi connectivity index (χ4v) is 1.45. The Kier molecular flexibility index (Phi) is 6.22. The summed E-state index contributed by atoms with van der Waals surface area (Å²) in [6, 6.07) is 5.68. The second kappa shape index (κ2) is 7.69. The summed E-state index contributed by atoms with van der Waals surface area (Å²) in [6.07, 6.45) is -5.08. The minimum Gasteiger partial charge on any atom is -0.477 e. The van der Waals surface area contributed by atoms with Crippen LogP contribution in [0.2, 0.25) is 0 Å². The first-order valence-electron chi connectivity index (χ1n) is 6.68. The SMILES string of the molecule is Nc1ccc(-c2n[nH]c(C(F)(F)C(F)(F)C(=O)O)n2)cc1.O=C(O)C(F)(F)F. The monoisotopic (exact) mass is 418 g/mol. The number of H-pyrrole nitrogens is 1. The molecule has 0 saturated carbocycles. The van der Waals surface area contributed by atoms with E-state index in [1.807, 2.05) is 0 Å². The first-order chi connectivity index (χ1) is 12.6. The minimum absolute atomic E-state index is 0.251. The highest BCUT2D eigenvalue weighted by Crippen LogP contribution is 2.41. The highest BCUT2D eigenvalue weighted by Gasteiger charge is 2.65. The summed E-state index contributed by atoms with van der Waals surface area (Å²) in [6.45, 7) is 0. The van der Waals surface area contributed by atoms with Gasteiger partial charge in [-0.05, 0) is 24.3 Å². The number of carbonyl (C=O) groups is 2. The maximum absolute atomic E-state index is 13.5. The number of aliphatic carboxylic acids is 2. The number of hydrogen-bond acceptors (Lipinski definition) is 5. The van der Waals surface area contributed by atoms with Crippen LogP contribution >= 0.6 is 0 Å². The predicted molar refractivity (Wildman–Crippen MR) is 76.4 cm³/mol. The average Bonchev–Trinajstić information content (AvgIpc) is 3.05. The molecule has 0 radical (unpaired) electrons. The summed E-state index contributed by atoms with van der Waals surface area (Å²) in [5, 5.41) is 20.3. The Hall–Kier alpha value is -3.39. The van der Waals surface area contributed by atoms with Crippen molar-refractivity contribution < 1.29 is 50.5 Å². The van der Waals surface area contributed by atoms with Gasteiger partial charge in [0.25, 0.3) is 0 Å². The molecule has 0 amide bonds. The Balaban J connectivity index is 0.000000480. The van der Waals surface area contributed by atoms with Crippen LogP contribution in [0.3, 0.4) is 0 Å². The van der Waals surface area contributed by atoms with E-state index in [0.29, 0.717) is 5.69 Å². The van der Waals surface area contributed by atoms with Gasteiger partial charge in [0.15, 0.2) is 5.82 Å². The lowest BCUT2D eigenvalue weighted by atomic mass is 10.1. The minimum atomic E-state index is -5.31. The number of rotatable bonds is 4. The first kappa shape index (κ1) is 22.7. The maximum atomic E-state index is 13.5. The Morgan fingerprint density at radius 1 is 0.929 bits per heavy atom. The Bertz CT molecular complexity index is 849. The molecule has 154 valence electrons. The number of aromatic amines is 1. The van der Waals surface area contributed by atoms with Crippen molar-refractivity contribution >= 4 is 17.6 Å². The second-order valence-corrected chi connectivity index (χ2v) is 4.89. The molecule has 15 heteroatoms. The molecule has 0 aliphatic heterocycles. The third-order valence-corrected chi connectivity index (χ3v) is 2.86. The zero-order valence-electron chi connectivity index (χ0n) is 13.1. The van der Waals surface area contributed by atoms with E-state index in [0.717, 1.165) is 0 Å². The molecule has 0 fully saturated rings.